The maximum Gasteiger partial charge on any atom is 0.186 e. The van der Waals surface area contributed by atoms with E-state index in [9.17, 15) is 50.8 Å². The number of ether oxygens (including phenoxy) is 4. The van der Waals surface area contributed by atoms with E-state index in [0.29, 0.717) is 5.56 Å². The van der Waals surface area contributed by atoms with Gasteiger partial charge in [0.1, 0.15) is 83.5 Å². The van der Waals surface area contributed by atoms with Crippen LogP contribution in [0.4, 0.5) is 0 Å². The van der Waals surface area contributed by atoms with Gasteiger partial charge in [-0.1, -0.05) is 12.1 Å². The van der Waals surface area contributed by atoms with Gasteiger partial charge in [0.15, 0.2) is 12.1 Å². The highest BCUT2D eigenvalue weighted by Crippen LogP contribution is 2.50. The Kier molecular flexibility index (Phi) is 7.89. The van der Waals surface area contributed by atoms with E-state index in [4.69, 9.17) is 18.9 Å². The molecule has 2 saturated heterocycles. The Morgan fingerprint density at radius 3 is 2.30 bits per heavy atom. The highest BCUT2D eigenvalue weighted by molar-refractivity contribution is 6.03. The number of Topliss-reactive ketones (excluding diaryl/α,β-unsaturated/α-hetero) is 1. The number of rotatable bonds is 5. The van der Waals surface area contributed by atoms with Gasteiger partial charge >= 0.3 is 0 Å². The van der Waals surface area contributed by atoms with Crippen LogP contribution in [-0.4, -0.2) is 114 Å². The SMILES string of the molecule is O=C1C[C@@H](c2ccc(O)cc2)Oc2cc(O)c([C@H]3O[C@@H](CO)[C@@H](O)[C@@H](O)[C@H]3O[C@@H]3OC[C@@H](O)[C@@H](O)[C@H]3O)c(O)c21. The first kappa shape index (κ1) is 28.5. The van der Waals surface area contributed by atoms with Crippen molar-refractivity contribution < 1.29 is 69.7 Å². The molecule has 0 unspecified atom stereocenters. The first-order valence-electron chi connectivity index (χ1n) is 12.5. The monoisotopic (exact) mass is 566 g/mol. The molecule has 3 heterocycles. The van der Waals surface area contributed by atoms with Crippen LogP contribution >= 0.6 is 0 Å². The number of aromatic hydroxyl groups is 3. The van der Waals surface area contributed by atoms with E-state index >= 15 is 0 Å². The number of hydrogen-bond acceptors (Lipinski definition) is 14. The van der Waals surface area contributed by atoms with Gasteiger partial charge in [-0.3, -0.25) is 4.79 Å². The molecule has 0 bridgehead atoms. The molecule has 0 spiro atoms. The summed E-state index contributed by atoms with van der Waals surface area (Å²) in [5, 5.41) is 92.8. The molecule has 5 rings (SSSR count). The summed E-state index contributed by atoms with van der Waals surface area (Å²) in [5.74, 6) is -2.10. The Morgan fingerprint density at radius 1 is 0.925 bits per heavy atom. The standard InChI is InChI=1S/C26H30O14/c27-7-16-20(33)22(35)25(40-26-23(36)19(32)13(31)8-37-26)24(39-16)18-12(30)6-15-17(21(18)34)11(29)5-14(38-15)9-1-3-10(28)4-2-9/h1-4,6,13-14,16,19-20,22-28,30-36H,5,7-8H2/t13-,14+,16+,19-,20-,22-,23-,24-,25-,26+/m1/s1. The van der Waals surface area contributed by atoms with E-state index in [2.05, 4.69) is 0 Å². The second-order valence-corrected chi connectivity index (χ2v) is 9.97. The third kappa shape index (κ3) is 4.98. The van der Waals surface area contributed by atoms with Crippen molar-refractivity contribution in [2.24, 2.45) is 0 Å². The number of hydrogen-bond donors (Lipinski definition) is 9. The summed E-state index contributed by atoms with van der Waals surface area (Å²) >= 11 is 0. The van der Waals surface area contributed by atoms with E-state index < -0.39 is 97.3 Å². The van der Waals surface area contributed by atoms with Crippen molar-refractivity contribution in [2.75, 3.05) is 13.2 Å². The van der Waals surface area contributed by atoms with E-state index in [1.165, 1.54) is 12.1 Å². The second-order valence-electron chi connectivity index (χ2n) is 9.97. The fourth-order valence-electron chi connectivity index (χ4n) is 5.16. The van der Waals surface area contributed by atoms with Crippen LogP contribution < -0.4 is 4.74 Å². The molecule has 0 saturated carbocycles. The Morgan fingerprint density at radius 2 is 1.62 bits per heavy atom. The van der Waals surface area contributed by atoms with Gasteiger partial charge in [-0.2, -0.15) is 0 Å². The number of ketones is 1. The van der Waals surface area contributed by atoms with Crippen LogP contribution in [0.3, 0.4) is 0 Å². The quantitative estimate of drug-likeness (QED) is 0.200. The van der Waals surface area contributed by atoms with Crippen LogP contribution in [0.2, 0.25) is 0 Å². The second kappa shape index (κ2) is 11.1. The molecule has 2 aromatic rings. The van der Waals surface area contributed by atoms with E-state index in [0.717, 1.165) is 6.07 Å². The molecule has 218 valence electrons. The maximum atomic E-state index is 13.2. The van der Waals surface area contributed by atoms with Gasteiger partial charge in [0.2, 0.25) is 0 Å². The predicted octanol–water partition coefficient (Wildman–Crippen LogP) is -1.51. The first-order chi connectivity index (χ1) is 19.0. The molecule has 3 aliphatic heterocycles. The molecule has 3 aliphatic rings. The van der Waals surface area contributed by atoms with Crippen molar-refractivity contribution in [3.05, 3.63) is 47.0 Å². The molecule has 0 aliphatic carbocycles. The Labute approximate surface area is 226 Å². The maximum absolute atomic E-state index is 13.2. The average molecular weight is 567 g/mol. The zero-order valence-electron chi connectivity index (χ0n) is 20.8. The number of fused-ring (bicyclic) bond motifs is 1. The molecule has 14 nitrogen and oxygen atoms in total. The van der Waals surface area contributed by atoms with Gasteiger partial charge in [-0.15, -0.1) is 0 Å². The van der Waals surface area contributed by atoms with Crippen LogP contribution in [-0.2, 0) is 14.2 Å². The molecule has 2 fully saturated rings. The zero-order chi connectivity index (χ0) is 28.9. The number of benzene rings is 2. The van der Waals surface area contributed by atoms with Gasteiger partial charge in [0, 0.05) is 6.07 Å². The molecule has 40 heavy (non-hydrogen) atoms. The third-order valence-corrected chi connectivity index (χ3v) is 7.36. The topological polar surface area (TPSA) is 236 Å². The molecule has 9 N–H and O–H groups in total. The normalized spacial score (nSPS) is 36.1. The molecule has 0 amide bonds. The number of phenols is 3. The summed E-state index contributed by atoms with van der Waals surface area (Å²) in [4.78, 5) is 13.2. The highest BCUT2D eigenvalue weighted by atomic mass is 16.7. The molecule has 2 aromatic carbocycles. The van der Waals surface area contributed by atoms with Crippen LogP contribution in [0, 0.1) is 0 Å². The van der Waals surface area contributed by atoms with Crippen LogP contribution in [0.5, 0.6) is 23.0 Å². The summed E-state index contributed by atoms with van der Waals surface area (Å²) in [5.41, 5.74) is -0.164. The number of aliphatic hydroxyl groups is 6. The molecule has 0 aromatic heterocycles. The zero-order valence-corrected chi connectivity index (χ0v) is 20.8. The van der Waals surface area contributed by atoms with Crippen molar-refractivity contribution in [3.63, 3.8) is 0 Å². The van der Waals surface area contributed by atoms with Gasteiger partial charge in [0.05, 0.1) is 25.2 Å². The lowest BCUT2D eigenvalue weighted by atomic mass is 9.87. The van der Waals surface area contributed by atoms with Crippen LogP contribution in [0.1, 0.15) is 40.1 Å². The minimum Gasteiger partial charge on any atom is -0.508 e. The molecule has 10 atom stereocenters. The van der Waals surface area contributed by atoms with Crippen molar-refractivity contribution in [3.8, 4) is 23.0 Å². The Bertz CT molecular complexity index is 1230. The largest absolute Gasteiger partial charge is 0.508 e. The van der Waals surface area contributed by atoms with Crippen molar-refractivity contribution in [1.82, 2.24) is 0 Å². The van der Waals surface area contributed by atoms with Crippen LogP contribution in [0.25, 0.3) is 0 Å². The number of carbonyl (C=O) groups excluding carboxylic acids is 1. The molecular formula is C26H30O14. The minimum absolute atomic E-state index is 0.0146. The fourth-order valence-corrected chi connectivity index (χ4v) is 5.16. The summed E-state index contributed by atoms with van der Waals surface area (Å²) in [7, 11) is 0. The fraction of sp³-hybridized carbons (Fsp3) is 0.500. The number of aliphatic hydroxyl groups excluding tert-OH is 6. The molecular weight excluding hydrogens is 536 g/mol. The summed E-state index contributed by atoms with van der Waals surface area (Å²) in [6.45, 7) is -1.22. The highest BCUT2D eigenvalue weighted by Gasteiger charge is 2.51. The lowest BCUT2D eigenvalue weighted by molar-refractivity contribution is -0.325. The Hall–Kier alpha value is -3.05. The first-order valence-corrected chi connectivity index (χ1v) is 12.5. The third-order valence-electron chi connectivity index (χ3n) is 7.36. The summed E-state index contributed by atoms with van der Waals surface area (Å²) < 4.78 is 22.5. The number of phenolic OH excluding ortho intramolecular Hbond substituents is 3. The van der Waals surface area contributed by atoms with E-state index in [-0.39, 0.29) is 23.5 Å². The van der Waals surface area contributed by atoms with Gasteiger partial charge < -0.3 is 64.9 Å². The minimum atomic E-state index is -1.84. The summed E-state index contributed by atoms with van der Waals surface area (Å²) in [6.07, 6.45) is -15.8. The van der Waals surface area contributed by atoms with E-state index in [1.54, 1.807) is 12.1 Å². The van der Waals surface area contributed by atoms with Gasteiger partial charge in [0.25, 0.3) is 0 Å². The van der Waals surface area contributed by atoms with Crippen molar-refractivity contribution in [1.29, 1.82) is 0 Å². The van der Waals surface area contributed by atoms with Gasteiger partial charge in [-0.25, -0.2) is 0 Å². The smallest absolute Gasteiger partial charge is 0.186 e. The lowest BCUT2D eigenvalue weighted by Crippen LogP contribution is -2.60. The predicted molar refractivity (Wildman–Crippen MR) is 130 cm³/mol. The van der Waals surface area contributed by atoms with Gasteiger partial charge in [-0.05, 0) is 17.7 Å². The molecule has 0 radical (unpaired) electrons. The van der Waals surface area contributed by atoms with Crippen molar-refractivity contribution in [2.45, 2.75) is 67.6 Å². The summed E-state index contributed by atoms with van der Waals surface area (Å²) in [6, 6.07) is 7.02. The number of carbonyl (C=O) groups is 1. The average Bonchev–Trinajstić information content (AvgIpc) is 2.92. The lowest BCUT2D eigenvalue weighted by Gasteiger charge is -2.45. The molecule has 14 heteroatoms. The van der Waals surface area contributed by atoms with Crippen LogP contribution in [0.15, 0.2) is 30.3 Å². The Balaban J connectivity index is 1.51. The van der Waals surface area contributed by atoms with E-state index in [1.807, 2.05) is 0 Å². The van der Waals surface area contributed by atoms with Crippen molar-refractivity contribution >= 4 is 5.78 Å².